The quantitative estimate of drug-likeness (QED) is 0.370. The number of hydrogen-bond acceptors (Lipinski definition) is 7. The normalized spacial score (nSPS) is 18.6. The SMILES string of the molecule is CCc1[nH]c(C(=O)NC2CCN(c3nc4cccc(C(=O)O)c4s3)CC2NCC(C)C)nc1Cl. The third kappa shape index (κ3) is 5.18. The maximum absolute atomic E-state index is 12.9. The van der Waals surface area contributed by atoms with Crippen molar-refractivity contribution in [3.8, 4) is 0 Å². The first-order valence-electron chi connectivity index (χ1n) is 11.4. The molecule has 9 nitrogen and oxygen atoms in total. The lowest BCUT2D eigenvalue weighted by atomic mass is 9.98. The molecule has 1 amide bonds. The zero-order chi connectivity index (χ0) is 24.4. The van der Waals surface area contributed by atoms with Crippen LogP contribution in [-0.2, 0) is 6.42 Å². The number of piperidine rings is 1. The third-order valence-electron chi connectivity index (χ3n) is 5.92. The van der Waals surface area contributed by atoms with Gasteiger partial charge in [0, 0.05) is 25.2 Å². The van der Waals surface area contributed by atoms with E-state index in [9.17, 15) is 14.7 Å². The maximum Gasteiger partial charge on any atom is 0.337 e. The number of imidazole rings is 1. The van der Waals surface area contributed by atoms with Gasteiger partial charge in [-0.3, -0.25) is 4.79 Å². The largest absolute Gasteiger partial charge is 0.478 e. The molecule has 0 saturated carbocycles. The molecule has 3 aromatic rings. The number of amides is 1. The van der Waals surface area contributed by atoms with Crippen molar-refractivity contribution in [2.45, 2.75) is 45.7 Å². The van der Waals surface area contributed by atoms with Gasteiger partial charge >= 0.3 is 5.97 Å². The number of nitrogens with zero attached hydrogens (tertiary/aromatic N) is 3. The molecule has 0 spiro atoms. The number of aryl methyl sites for hydroxylation is 1. The number of fused-ring (bicyclic) bond motifs is 1. The number of carbonyl (C=O) groups is 2. The van der Waals surface area contributed by atoms with Crippen molar-refractivity contribution in [3.63, 3.8) is 0 Å². The van der Waals surface area contributed by atoms with E-state index in [0.717, 1.165) is 17.4 Å². The lowest BCUT2D eigenvalue weighted by molar-refractivity contribution is 0.0699. The lowest BCUT2D eigenvalue weighted by Gasteiger charge is -2.39. The molecule has 4 rings (SSSR count). The van der Waals surface area contributed by atoms with Crippen LogP contribution in [0.2, 0.25) is 5.15 Å². The molecule has 1 aromatic carbocycles. The van der Waals surface area contributed by atoms with Gasteiger partial charge in [0.15, 0.2) is 16.1 Å². The molecule has 2 aromatic heterocycles. The Morgan fingerprint density at radius 2 is 2.12 bits per heavy atom. The number of rotatable bonds is 8. The van der Waals surface area contributed by atoms with Gasteiger partial charge in [0.2, 0.25) is 0 Å². The Bertz CT molecular complexity index is 1190. The lowest BCUT2D eigenvalue weighted by Crippen LogP contribution is -2.60. The number of anilines is 1. The third-order valence-corrected chi connectivity index (χ3v) is 7.40. The molecule has 0 radical (unpaired) electrons. The van der Waals surface area contributed by atoms with E-state index in [-0.39, 0.29) is 29.4 Å². The number of aromatic amines is 1. The molecule has 2 unspecified atom stereocenters. The van der Waals surface area contributed by atoms with Crippen molar-refractivity contribution in [3.05, 3.63) is 40.4 Å². The highest BCUT2D eigenvalue weighted by Gasteiger charge is 2.32. The molecule has 3 heterocycles. The van der Waals surface area contributed by atoms with Crippen LogP contribution in [0.15, 0.2) is 18.2 Å². The molecule has 0 bridgehead atoms. The van der Waals surface area contributed by atoms with Gasteiger partial charge in [0.05, 0.1) is 21.5 Å². The molecule has 1 aliphatic rings. The first-order chi connectivity index (χ1) is 16.3. The zero-order valence-electron chi connectivity index (χ0n) is 19.4. The minimum Gasteiger partial charge on any atom is -0.478 e. The molecule has 1 aliphatic heterocycles. The van der Waals surface area contributed by atoms with Crippen LogP contribution in [0.1, 0.15) is 53.9 Å². The van der Waals surface area contributed by atoms with Gasteiger partial charge in [0.1, 0.15) is 0 Å². The molecule has 11 heteroatoms. The van der Waals surface area contributed by atoms with Crippen molar-refractivity contribution in [1.29, 1.82) is 0 Å². The van der Waals surface area contributed by atoms with Crippen molar-refractivity contribution in [1.82, 2.24) is 25.6 Å². The number of halogens is 1. The van der Waals surface area contributed by atoms with Gasteiger partial charge in [-0.25, -0.2) is 14.8 Å². The Hall–Kier alpha value is -2.69. The Kier molecular flexibility index (Phi) is 7.39. The second kappa shape index (κ2) is 10.3. The predicted molar refractivity (Wildman–Crippen MR) is 134 cm³/mol. The van der Waals surface area contributed by atoms with Crippen molar-refractivity contribution >= 4 is 50.2 Å². The Balaban J connectivity index is 1.52. The van der Waals surface area contributed by atoms with Crippen LogP contribution in [0.4, 0.5) is 5.13 Å². The van der Waals surface area contributed by atoms with E-state index in [1.165, 1.54) is 11.3 Å². The monoisotopic (exact) mass is 504 g/mol. The standard InChI is InChI=1S/C23H29ClN6O3S/c1-4-14-19(24)29-20(26-14)21(31)27-15-8-9-30(11-17(15)25-10-12(2)3)23-28-16-7-5-6-13(22(32)33)18(16)34-23/h5-7,12,15,17,25H,4,8-11H2,1-3H3,(H,26,29)(H,27,31)(H,32,33). The van der Waals surface area contributed by atoms with E-state index in [4.69, 9.17) is 16.6 Å². The Morgan fingerprint density at radius 3 is 2.79 bits per heavy atom. The average molecular weight is 505 g/mol. The molecule has 1 saturated heterocycles. The highest BCUT2D eigenvalue weighted by molar-refractivity contribution is 7.22. The number of carboxylic acid groups (broad SMARTS) is 1. The number of aromatic nitrogens is 3. The summed E-state index contributed by atoms with van der Waals surface area (Å²) in [4.78, 5) is 38.5. The van der Waals surface area contributed by atoms with Gasteiger partial charge in [-0.2, -0.15) is 0 Å². The number of hydrogen-bond donors (Lipinski definition) is 4. The molecule has 0 aliphatic carbocycles. The van der Waals surface area contributed by atoms with Crippen LogP contribution >= 0.6 is 22.9 Å². The first-order valence-corrected chi connectivity index (χ1v) is 12.6. The summed E-state index contributed by atoms with van der Waals surface area (Å²) in [5.41, 5.74) is 1.69. The first kappa shape index (κ1) is 24.4. The molecule has 2 atom stereocenters. The molecule has 34 heavy (non-hydrogen) atoms. The Morgan fingerprint density at radius 1 is 1.32 bits per heavy atom. The van der Waals surface area contributed by atoms with E-state index in [1.807, 2.05) is 13.0 Å². The smallest absolute Gasteiger partial charge is 0.337 e. The van der Waals surface area contributed by atoms with Gasteiger partial charge < -0.3 is 25.6 Å². The second-order valence-corrected chi connectivity index (χ2v) is 10.2. The molecule has 1 fully saturated rings. The van der Waals surface area contributed by atoms with Crippen molar-refractivity contribution in [2.24, 2.45) is 5.92 Å². The van der Waals surface area contributed by atoms with Crippen LogP contribution in [-0.4, -0.2) is 63.7 Å². The van der Waals surface area contributed by atoms with Gasteiger partial charge in [-0.1, -0.05) is 49.8 Å². The molecular formula is C23H29ClN6O3S. The summed E-state index contributed by atoms with van der Waals surface area (Å²) in [5.74, 6) is -0.562. The summed E-state index contributed by atoms with van der Waals surface area (Å²) in [6.07, 6.45) is 1.38. The number of benzene rings is 1. The van der Waals surface area contributed by atoms with Crippen LogP contribution < -0.4 is 15.5 Å². The maximum atomic E-state index is 12.9. The summed E-state index contributed by atoms with van der Waals surface area (Å²) in [5, 5.41) is 17.3. The van der Waals surface area contributed by atoms with Crippen molar-refractivity contribution < 1.29 is 14.7 Å². The van der Waals surface area contributed by atoms with Gasteiger partial charge in [0.25, 0.3) is 5.91 Å². The van der Waals surface area contributed by atoms with Crippen LogP contribution in [0, 0.1) is 5.92 Å². The predicted octanol–water partition coefficient (Wildman–Crippen LogP) is 3.56. The molecule has 182 valence electrons. The average Bonchev–Trinajstić information content (AvgIpc) is 3.41. The number of H-pyrrole nitrogens is 1. The number of thiazole rings is 1. The van der Waals surface area contributed by atoms with E-state index in [1.54, 1.807) is 12.1 Å². The number of nitrogens with one attached hydrogen (secondary N) is 3. The van der Waals surface area contributed by atoms with E-state index < -0.39 is 5.97 Å². The fourth-order valence-corrected chi connectivity index (χ4v) is 5.47. The van der Waals surface area contributed by atoms with E-state index in [0.29, 0.717) is 47.2 Å². The highest BCUT2D eigenvalue weighted by Crippen LogP contribution is 2.33. The topological polar surface area (TPSA) is 123 Å². The van der Waals surface area contributed by atoms with Gasteiger partial charge in [-0.05, 0) is 37.4 Å². The fraction of sp³-hybridized carbons (Fsp3) is 0.478. The van der Waals surface area contributed by atoms with Crippen LogP contribution in [0.3, 0.4) is 0 Å². The molecule has 4 N–H and O–H groups in total. The Labute approximate surface area is 206 Å². The van der Waals surface area contributed by atoms with E-state index in [2.05, 4.69) is 39.3 Å². The summed E-state index contributed by atoms with van der Waals surface area (Å²) < 4.78 is 0.675. The summed E-state index contributed by atoms with van der Waals surface area (Å²) in [6, 6.07) is 5.05. The van der Waals surface area contributed by atoms with Crippen LogP contribution in [0.5, 0.6) is 0 Å². The zero-order valence-corrected chi connectivity index (χ0v) is 21.0. The summed E-state index contributed by atoms with van der Waals surface area (Å²) in [6.45, 7) is 8.36. The van der Waals surface area contributed by atoms with Crippen LogP contribution in [0.25, 0.3) is 10.2 Å². The highest BCUT2D eigenvalue weighted by atomic mass is 35.5. The fourth-order valence-electron chi connectivity index (χ4n) is 4.10. The summed E-state index contributed by atoms with van der Waals surface area (Å²) >= 11 is 7.51. The number of carboxylic acids is 1. The van der Waals surface area contributed by atoms with Gasteiger partial charge in [-0.15, -0.1) is 0 Å². The number of aromatic carboxylic acids is 1. The second-order valence-electron chi connectivity index (χ2n) is 8.89. The minimum atomic E-state index is -0.956. The van der Waals surface area contributed by atoms with Crippen molar-refractivity contribution in [2.75, 3.05) is 24.5 Å². The molecular weight excluding hydrogens is 476 g/mol. The summed E-state index contributed by atoms with van der Waals surface area (Å²) in [7, 11) is 0. The number of carbonyl (C=O) groups excluding carboxylic acids is 1. The van der Waals surface area contributed by atoms with E-state index >= 15 is 0 Å². The minimum absolute atomic E-state index is 0.0119.